The van der Waals surface area contributed by atoms with Gasteiger partial charge in [-0.05, 0) is 38.7 Å². The highest BCUT2D eigenvalue weighted by Crippen LogP contribution is 2.43. The lowest BCUT2D eigenvalue weighted by molar-refractivity contribution is 0.355. The van der Waals surface area contributed by atoms with Gasteiger partial charge in [-0.25, -0.2) is 9.97 Å². The number of rotatable bonds is 7. The average Bonchev–Trinajstić information content (AvgIpc) is 2.97. The van der Waals surface area contributed by atoms with Crippen LogP contribution in [-0.2, 0) is 0 Å². The van der Waals surface area contributed by atoms with Gasteiger partial charge in [0.05, 0.1) is 19.6 Å². The first-order valence-corrected chi connectivity index (χ1v) is 10.6. The van der Waals surface area contributed by atoms with Crippen LogP contribution in [-0.4, -0.2) is 55.5 Å². The van der Waals surface area contributed by atoms with Gasteiger partial charge in [-0.1, -0.05) is 29.4 Å². The molecule has 2 heterocycles. The van der Waals surface area contributed by atoms with Crippen molar-refractivity contribution in [2.24, 2.45) is 0 Å². The van der Waals surface area contributed by atoms with E-state index in [-0.39, 0.29) is 0 Å². The molecular weight excluding hydrogens is 402 g/mol. The van der Waals surface area contributed by atoms with Gasteiger partial charge in [0.1, 0.15) is 9.98 Å². The summed E-state index contributed by atoms with van der Waals surface area (Å²) < 4.78 is 10.8. The molecule has 0 aliphatic heterocycles. The molecule has 5 nitrogen and oxygen atoms in total. The van der Waals surface area contributed by atoms with Crippen molar-refractivity contribution in [1.82, 2.24) is 14.9 Å². The standard InChI is InChI=1S/C19H22ClN3O2S2/c1-11-15(12-6-7-13(24-4)14(10-12)25-5)16-17(20)21-19(22-18(16)27-11)26-9-8-23(2)3/h6-7,10H,8-9H2,1-5H3. The normalized spacial score (nSPS) is 11.4. The van der Waals surface area contributed by atoms with Crippen molar-refractivity contribution in [2.75, 3.05) is 40.6 Å². The van der Waals surface area contributed by atoms with Crippen LogP contribution in [0.25, 0.3) is 21.3 Å². The Kier molecular flexibility index (Phi) is 6.47. The zero-order chi connectivity index (χ0) is 19.6. The van der Waals surface area contributed by atoms with Crippen LogP contribution in [0.15, 0.2) is 23.4 Å². The Bertz CT molecular complexity index is 960. The van der Waals surface area contributed by atoms with Gasteiger partial charge in [-0.3, -0.25) is 0 Å². The van der Waals surface area contributed by atoms with Crippen LogP contribution in [0, 0.1) is 6.92 Å². The molecule has 2 aromatic heterocycles. The molecule has 0 aliphatic carbocycles. The summed E-state index contributed by atoms with van der Waals surface area (Å²) in [5.41, 5.74) is 2.06. The molecule has 0 radical (unpaired) electrons. The van der Waals surface area contributed by atoms with E-state index in [0.29, 0.717) is 16.7 Å². The smallest absolute Gasteiger partial charge is 0.190 e. The second-order valence-electron chi connectivity index (χ2n) is 6.23. The minimum Gasteiger partial charge on any atom is -0.493 e. The molecule has 0 aliphatic rings. The highest BCUT2D eigenvalue weighted by molar-refractivity contribution is 7.99. The van der Waals surface area contributed by atoms with Crippen LogP contribution in [0.3, 0.4) is 0 Å². The number of ether oxygens (including phenoxy) is 2. The number of fused-ring (bicyclic) bond motifs is 1. The van der Waals surface area contributed by atoms with Gasteiger partial charge < -0.3 is 14.4 Å². The molecule has 0 amide bonds. The van der Waals surface area contributed by atoms with E-state index in [1.54, 1.807) is 37.3 Å². The maximum atomic E-state index is 6.58. The highest BCUT2D eigenvalue weighted by Gasteiger charge is 2.19. The molecule has 144 valence electrons. The molecule has 0 fully saturated rings. The third kappa shape index (κ3) is 4.32. The fraction of sp³-hybridized carbons (Fsp3) is 0.368. The topological polar surface area (TPSA) is 47.5 Å². The number of hydrogen-bond acceptors (Lipinski definition) is 7. The third-order valence-electron chi connectivity index (χ3n) is 4.10. The summed E-state index contributed by atoms with van der Waals surface area (Å²) in [5.74, 6) is 2.30. The van der Waals surface area contributed by atoms with E-state index in [9.17, 15) is 0 Å². The van der Waals surface area contributed by atoms with Crippen molar-refractivity contribution >= 4 is 44.9 Å². The Morgan fingerprint density at radius 3 is 2.56 bits per heavy atom. The van der Waals surface area contributed by atoms with Gasteiger partial charge in [0, 0.05) is 22.7 Å². The highest BCUT2D eigenvalue weighted by atomic mass is 35.5. The fourth-order valence-corrected chi connectivity index (χ4v) is 5.20. The van der Waals surface area contributed by atoms with Crippen molar-refractivity contribution in [3.63, 3.8) is 0 Å². The third-order valence-corrected chi connectivity index (χ3v) is 6.20. The molecule has 0 saturated heterocycles. The number of nitrogens with zero attached hydrogens (tertiary/aromatic N) is 3. The molecule has 3 rings (SSSR count). The number of thiophene rings is 1. The Morgan fingerprint density at radius 2 is 1.89 bits per heavy atom. The summed E-state index contributed by atoms with van der Waals surface area (Å²) in [4.78, 5) is 13.4. The fourth-order valence-electron chi connectivity index (χ4n) is 2.78. The van der Waals surface area contributed by atoms with E-state index in [1.165, 1.54) is 0 Å². The van der Waals surface area contributed by atoms with Crippen molar-refractivity contribution < 1.29 is 9.47 Å². The summed E-state index contributed by atoms with van der Waals surface area (Å²) >= 11 is 9.84. The molecule has 0 unspecified atom stereocenters. The average molecular weight is 424 g/mol. The minimum absolute atomic E-state index is 0.487. The van der Waals surface area contributed by atoms with Crippen LogP contribution in [0.1, 0.15) is 4.88 Å². The van der Waals surface area contributed by atoms with Crippen molar-refractivity contribution in [3.8, 4) is 22.6 Å². The number of benzene rings is 1. The summed E-state index contributed by atoms with van der Waals surface area (Å²) in [6, 6.07) is 5.87. The predicted molar refractivity (Wildman–Crippen MR) is 115 cm³/mol. The van der Waals surface area contributed by atoms with Gasteiger partial charge in [-0.2, -0.15) is 0 Å². The zero-order valence-corrected chi connectivity index (χ0v) is 18.4. The lowest BCUT2D eigenvalue weighted by Gasteiger charge is -2.10. The monoisotopic (exact) mass is 423 g/mol. The summed E-state index contributed by atoms with van der Waals surface area (Å²) in [5, 5.41) is 2.10. The second kappa shape index (κ2) is 8.65. The summed E-state index contributed by atoms with van der Waals surface area (Å²) in [6.45, 7) is 3.04. The molecule has 0 atom stereocenters. The number of hydrogen-bond donors (Lipinski definition) is 0. The summed E-state index contributed by atoms with van der Waals surface area (Å²) in [6.07, 6.45) is 0. The van der Waals surface area contributed by atoms with E-state index in [4.69, 9.17) is 26.1 Å². The van der Waals surface area contributed by atoms with Crippen molar-refractivity contribution in [2.45, 2.75) is 12.1 Å². The van der Waals surface area contributed by atoms with E-state index in [1.807, 2.05) is 18.2 Å². The van der Waals surface area contributed by atoms with Gasteiger partial charge in [0.15, 0.2) is 16.7 Å². The minimum atomic E-state index is 0.487. The molecular formula is C19H22ClN3O2S2. The predicted octanol–water partition coefficient (Wildman–Crippen LogP) is 4.99. The first-order valence-electron chi connectivity index (χ1n) is 8.41. The van der Waals surface area contributed by atoms with Crippen LogP contribution in [0.2, 0.25) is 5.15 Å². The quantitative estimate of drug-likeness (QED) is 0.303. The van der Waals surface area contributed by atoms with Crippen molar-refractivity contribution in [3.05, 3.63) is 28.2 Å². The van der Waals surface area contributed by atoms with Gasteiger partial charge in [0.25, 0.3) is 0 Å². The Balaban J connectivity index is 2.03. The van der Waals surface area contributed by atoms with Gasteiger partial charge in [0.2, 0.25) is 0 Å². The summed E-state index contributed by atoms with van der Waals surface area (Å²) in [7, 11) is 7.36. The molecule has 1 aromatic carbocycles. The molecule has 27 heavy (non-hydrogen) atoms. The number of aromatic nitrogens is 2. The molecule has 0 spiro atoms. The number of halogens is 1. The molecule has 0 bridgehead atoms. The zero-order valence-electron chi connectivity index (χ0n) is 16.0. The van der Waals surface area contributed by atoms with Crippen LogP contribution in [0.5, 0.6) is 11.5 Å². The van der Waals surface area contributed by atoms with Gasteiger partial charge in [-0.15, -0.1) is 11.3 Å². The molecule has 3 aromatic rings. The van der Waals surface area contributed by atoms with E-state index in [2.05, 4.69) is 30.9 Å². The lowest BCUT2D eigenvalue weighted by Crippen LogP contribution is -2.14. The maximum Gasteiger partial charge on any atom is 0.190 e. The largest absolute Gasteiger partial charge is 0.493 e. The first kappa shape index (κ1) is 20.2. The molecule has 8 heteroatoms. The first-order chi connectivity index (χ1) is 12.9. The number of methoxy groups -OCH3 is 2. The maximum absolute atomic E-state index is 6.58. The van der Waals surface area contributed by atoms with E-state index >= 15 is 0 Å². The number of thioether (sulfide) groups is 1. The molecule has 0 N–H and O–H groups in total. The Hall–Kier alpha value is -1.54. The Morgan fingerprint density at radius 1 is 1.15 bits per heavy atom. The van der Waals surface area contributed by atoms with Crippen LogP contribution in [0.4, 0.5) is 0 Å². The van der Waals surface area contributed by atoms with Crippen LogP contribution >= 0.6 is 34.7 Å². The molecule has 0 saturated carbocycles. The van der Waals surface area contributed by atoms with E-state index < -0.39 is 0 Å². The van der Waals surface area contributed by atoms with Crippen LogP contribution < -0.4 is 9.47 Å². The lowest BCUT2D eigenvalue weighted by atomic mass is 10.0. The second-order valence-corrected chi connectivity index (χ2v) is 8.86. The SMILES string of the molecule is COc1ccc(-c2c(C)sc3nc(SCCN(C)C)nc(Cl)c23)cc1OC. The van der Waals surface area contributed by atoms with E-state index in [0.717, 1.165) is 43.7 Å². The van der Waals surface area contributed by atoms with Gasteiger partial charge >= 0.3 is 0 Å². The Labute approximate surface area is 172 Å². The van der Waals surface area contributed by atoms with Crippen molar-refractivity contribution in [1.29, 1.82) is 0 Å². The number of aryl methyl sites for hydroxylation is 1.